The number of amides is 2. The molecule has 3 heterocycles. The number of piperidine rings is 1. The molecule has 190 valence electrons. The van der Waals surface area contributed by atoms with E-state index in [1.54, 1.807) is 11.4 Å². The number of nitrogens with one attached hydrogen (secondary N) is 2. The Labute approximate surface area is 219 Å². The number of rotatable bonds is 7. The second kappa shape index (κ2) is 11.0. The number of carbonyl (C=O) groups excluding carboxylic acids is 2. The van der Waals surface area contributed by atoms with Crippen LogP contribution in [0.5, 0.6) is 5.75 Å². The molecule has 2 aromatic carbocycles. The molecule has 8 nitrogen and oxygen atoms in total. The number of hydrogen-bond donors (Lipinski definition) is 2. The number of thiazole rings is 1. The van der Waals surface area contributed by atoms with E-state index >= 15 is 0 Å². The van der Waals surface area contributed by atoms with E-state index in [1.165, 1.54) is 11.3 Å². The first-order chi connectivity index (χ1) is 18.0. The van der Waals surface area contributed by atoms with Gasteiger partial charge in [-0.15, -0.1) is 11.3 Å². The quantitative estimate of drug-likeness (QED) is 0.334. The van der Waals surface area contributed by atoms with E-state index in [0.717, 1.165) is 34.9 Å². The lowest BCUT2D eigenvalue weighted by molar-refractivity contribution is 0.0713. The number of nitrogens with zero attached hydrogens (tertiary/aromatic N) is 3. The zero-order valence-electron chi connectivity index (χ0n) is 20.8. The number of H-pyrrole nitrogens is 1. The smallest absolute Gasteiger partial charge is 0.276 e. The molecule has 37 heavy (non-hydrogen) atoms. The molecular formula is C28H29N5O3S. The monoisotopic (exact) mass is 515 g/mol. The molecule has 2 N–H and O–H groups in total. The van der Waals surface area contributed by atoms with Crippen molar-refractivity contribution in [3.8, 4) is 17.0 Å². The molecule has 1 saturated heterocycles. The average Bonchev–Trinajstić information content (AvgIpc) is 3.60. The lowest BCUT2D eigenvalue weighted by Crippen LogP contribution is -2.37. The molecule has 0 aliphatic carbocycles. The van der Waals surface area contributed by atoms with Gasteiger partial charge in [0.15, 0.2) is 5.82 Å². The Morgan fingerprint density at radius 3 is 2.51 bits per heavy atom. The van der Waals surface area contributed by atoms with Crippen molar-refractivity contribution in [2.45, 2.75) is 38.7 Å². The summed E-state index contributed by atoms with van der Waals surface area (Å²) < 4.78 is 5.66. The van der Waals surface area contributed by atoms with Crippen molar-refractivity contribution in [3.05, 3.63) is 82.3 Å². The highest BCUT2D eigenvalue weighted by Crippen LogP contribution is 2.31. The molecule has 1 fully saturated rings. The normalized spacial score (nSPS) is 14.1. The lowest BCUT2D eigenvalue weighted by Gasteiger charge is -2.31. The number of anilines is 1. The summed E-state index contributed by atoms with van der Waals surface area (Å²) in [4.78, 5) is 32.2. The fourth-order valence-electron chi connectivity index (χ4n) is 4.37. The molecule has 9 heteroatoms. The van der Waals surface area contributed by atoms with Crippen LogP contribution in [0.3, 0.4) is 0 Å². The molecular weight excluding hydrogens is 486 g/mol. The number of aromatic amines is 1. The fraction of sp³-hybridized carbons (Fsp3) is 0.286. The first-order valence-corrected chi connectivity index (χ1v) is 13.3. The van der Waals surface area contributed by atoms with Crippen LogP contribution in [0.15, 0.2) is 66.0 Å². The first kappa shape index (κ1) is 24.7. The summed E-state index contributed by atoms with van der Waals surface area (Å²) in [5.41, 5.74) is 2.87. The molecule has 1 aliphatic heterocycles. The van der Waals surface area contributed by atoms with Gasteiger partial charge in [0.25, 0.3) is 11.8 Å². The van der Waals surface area contributed by atoms with Crippen molar-refractivity contribution < 1.29 is 14.3 Å². The summed E-state index contributed by atoms with van der Waals surface area (Å²) >= 11 is 1.49. The van der Waals surface area contributed by atoms with E-state index in [9.17, 15) is 9.59 Å². The maximum absolute atomic E-state index is 12.9. The number of carbonyl (C=O) groups is 2. The van der Waals surface area contributed by atoms with Crippen molar-refractivity contribution in [2.75, 3.05) is 18.4 Å². The van der Waals surface area contributed by atoms with E-state index in [1.807, 2.05) is 73.3 Å². The van der Waals surface area contributed by atoms with Gasteiger partial charge in [0.1, 0.15) is 11.4 Å². The highest BCUT2D eigenvalue weighted by Gasteiger charge is 2.27. The molecule has 5 rings (SSSR count). The maximum atomic E-state index is 12.9. The molecule has 4 aromatic rings. The van der Waals surface area contributed by atoms with Crippen LogP contribution in [-0.4, -0.2) is 51.1 Å². The predicted molar refractivity (Wildman–Crippen MR) is 144 cm³/mol. The molecule has 0 unspecified atom stereocenters. The molecule has 1 aliphatic rings. The Morgan fingerprint density at radius 2 is 1.81 bits per heavy atom. The molecule has 0 saturated carbocycles. The topological polar surface area (TPSA) is 100 Å². The van der Waals surface area contributed by atoms with Crippen LogP contribution in [0.4, 0.5) is 5.82 Å². The standard InChI is InChI=1S/C28H29N5O3S/c1-18(2)36-22-10-8-21(9-11-22)28(35)33-14-12-20(13-15-33)27-29-24(17-37-27)26(34)30-25-16-23(31-32-25)19-6-4-3-5-7-19/h3-11,16-18,20H,12-15H2,1-2H3,(H2,30,31,32,34). The van der Waals surface area contributed by atoms with Crippen molar-refractivity contribution >= 4 is 29.0 Å². The highest BCUT2D eigenvalue weighted by atomic mass is 32.1. The minimum atomic E-state index is -0.286. The van der Waals surface area contributed by atoms with Crippen molar-refractivity contribution in [2.24, 2.45) is 0 Å². The second-order valence-electron chi connectivity index (χ2n) is 9.32. The van der Waals surface area contributed by atoms with Gasteiger partial charge in [-0.25, -0.2) is 4.98 Å². The Bertz CT molecular complexity index is 1360. The van der Waals surface area contributed by atoms with E-state index in [4.69, 9.17) is 4.74 Å². The van der Waals surface area contributed by atoms with E-state index in [2.05, 4.69) is 20.5 Å². The van der Waals surface area contributed by atoms with Gasteiger partial charge in [0, 0.05) is 36.0 Å². The van der Waals surface area contributed by atoms with Gasteiger partial charge in [0.05, 0.1) is 16.8 Å². The van der Waals surface area contributed by atoms with Crippen molar-refractivity contribution in [3.63, 3.8) is 0 Å². The van der Waals surface area contributed by atoms with Crippen LogP contribution in [0.2, 0.25) is 0 Å². The Morgan fingerprint density at radius 1 is 1.08 bits per heavy atom. The molecule has 0 atom stereocenters. The van der Waals surface area contributed by atoms with Crippen LogP contribution in [0.25, 0.3) is 11.3 Å². The van der Waals surface area contributed by atoms with Crippen LogP contribution in [0, 0.1) is 0 Å². The van der Waals surface area contributed by atoms with Gasteiger partial charge in [-0.05, 0) is 56.5 Å². The number of benzene rings is 2. The molecule has 2 amide bonds. The Hall–Kier alpha value is -3.98. The summed E-state index contributed by atoms with van der Waals surface area (Å²) in [5.74, 6) is 1.19. The minimum Gasteiger partial charge on any atom is -0.491 e. The summed E-state index contributed by atoms with van der Waals surface area (Å²) in [5, 5.41) is 12.7. The van der Waals surface area contributed by atoms with Crippen LogP contribution >= 0.6 is 11.3 Å². The predicted octanol–water partition coefficient (Wildman–Crippen LogP) is 5.59. The van der Waals surface area contributed by atoms with Gasteiger partial charge in [-0.2, -0.15) is 5.10 Å². The van der Waals surface area contributed by atoms with Gasteiger partial charge in [-0.3, -0.25) is 14.7 Å². The van der Waals surface area contributed by atoms with Crippen LogP contribution in [-0.2, 0) is 0 Å². The third-order valence-corrected chi connectivity index (χ3v) is 7.27. The number of ether oxygens (including phenoxy) is 1. The zero-order valence-corrected chi connectivity index (χ0v) is 21.6. The minimum absolute atomic E-state index is 0.0302. The van der Waals surface area contributed by atoms with E-state index in [0.29, 0.717) is 30.2 Å². The third kappa shape index (κ3) is 5.89. The van der Waals surface area contributed by atoms with Crippen LogP contribution in [0.1, 0.15) is 58.5 Å². The number of aromatic nitrogens is 3. The van der Waals surface area contributed by atoms with Crippen LogP contribution < -0.4 is 10.1 Å². The largest absolute Gasteiger partial charge is 0.491 e. The SMILES string of the molecule is CC(C)Oc1ccc(C(=O)N2CCC(c3nc(C(=O)Nc4cc(-c5ccccc5)[nH]n4)cs3)CC2)cc1. The summed E-state index contributed by atoms with van der Waals surface area (Å²) in [7, 11) is 0. The highest BCUT2D eigenvalue weighted by molar-refractivity contribution is 7.10. The molecule has 2 aromatic heterocycles. The first-order valence-electron chi connectivity index (χ1n) is 12.4. The summed E-state index contributed by atoms with van der Waals surface area (Å²) in [6, 6.07) is 18.9. The van der Waals surface area contributed by atoms with E-state index in [-0.39, 0.29) is 23.8 Å². The van der Waals surface area contributed by atoms with Gasteiger partial charge >= 0.3 is 0 Å². The fourth-order valence-corrected chi connectivity index (χ4v) is 5.34. The summed E-state index contributed by atoms with van der Waals surface area (Å²) in [6.45, 7) is 5.26. The molecule has 0 radical (unpaired) electrons. The van der Waals surface area contributed by atoms with Gasteiger partial charge in [-0.1, -0.05) is 30.3 Å². The zero-order chi connectivity index (χ0) is 25.8. The second-order valence-corrected chi connectivity index (χ2v) is 10.2. The Balaban J connectivity index is 1.15. The molecule has 0 spiro atoms. The maximum Gasteiger partial charge on any atom is 0.276 e. The summed E-state index contributed by atoms with van der Waals surface area (Å²) in [6.07, 6.45) is 1.72. The van der Waals surface area contributed by atoms with Gasteiger partial charge in [0.2, 0.25) is 0 Å². The Kier molecular flexibility index (Phi) is 7.32. The number of hydrogen-bond acceptors (Lipinski definition) is 6. The number of likely N-dealkylation sites (tertiary alicyclic amines) is 1. The third-order valence-electron chi connectivity index (χ3n) is 6.26. The average molecular weight is 516 g/mol. The lowest BCUT2D eigenvalue weighted by atomic mass is 9.97. The van der Waals surface area contributed by atoms with Crippen molar-refractivity contribution in [1.82, 2.24) is 20.1 Å². The van der Waals surface area contributed by atoms with E-state index < -0.39 is 0 Å². The van der Waals surface area contributed by atoms with Crippen molar-refractivity contribution in [1.29, 1.82) is 0 Å². The van der Waals surface area contributed by atoms with Gasteiger partial charge < -0.3 is 15.0 Å². The molecule has 0 bridgehead atoms.